The van der Waals surface area contributed by atoms with E-state index >= 15 is 0 Å². The van der Waals surface area contributed by atoms with Crippen molar-refractivity contribution in [3.05, 3.63) is 0 Å². The number of rotatable bonds is 1. The molecule has 1 aliphatic carbocycles. The number of hydrogen-bond donors (Lipinski definition) is 1. The number of nitrogens with one attached hydrogen (secondary N) is 1. The normalized spacial score (nSPS) is 41.1. The van der Waals surface area contributed by atoms with E-state index in [9.17, 15) is 0 Å². The van der Waals surface area contributed by atoms with E-state index in [1.165, 1.54) is 45.3 Å². The van der Waals surface area contributed by atoms with Gasteiger partial charge in [0.15, 0.2) is 0 Å². The van der Waals surface area contributed by atoms with Crippen LogP contribution in [0.15, 0.2) is 0 Å². The molecule has 1 heterocycles. The maximum atomic E-state index is 3.57. The Hall–Kier alpha value is -0.0800. The van der Waals surface area contributed by atoms with E-state index in [-0.39, 0.29) is 0 Å². The van der Waals surface area contributed by atoms with Crippen molar-refractivity contribution >= 4 is 0 Å². The topological polar surface area (TPSA) is 15.3 Å². The third kappa shape index (κ3) is 2.29. The highest BCUT2D eigenvalue weighted by Crippen LogP contribution is 2.29. The molecule has 0 aromatic carbocycles. The van der Waals surface area contributed by atoms with Gasteiger partial charge < -0.3 is 5.32 Å². The monoisotopic (exact) mass is 196 g/mol. The maximum absolute atomic E-state index is 3.57. The van der Waals surface area contributed by atoms with Crippen LogP contribution in [0.1, 0.15) is 39.5 Å². The molecule has 14 heavy (non-hydrogen) atoms. The summed E-state index contributed by atoms with van der Waals surface area (Å²) >= 11 is 0. The molecule has 0 amide bonds. The van der Waals surface area contributed by atoms with Crippen LogP contribution in [0.2, 0.25) is 0 Å². The Kier molecular flexibility index (Phi) is 3.45. The van der Waals surface area contributed by atoms with Crippen molar-refractivity contribution < 1.29 is 0 Å². The Morgan fingerprint density at radius 1 is 1.07 bits per heavy atom. The van der Waals surface area contributed by atoms with Crippen LogP contribution in [0.5, 0.6) is 0 Å². The number of nitrogens with zero attached hydrogens (tertiary/aromatic N) is 1. The lowest BCUT2D eigenvalue weighted by molar-refractivity contribution is 0.176. The van der Waals surface area contributed by atoms with Gasteiger partial charge in [0.05, 0.1) is 0 Å². The summed E-state index contributed by atoms with van der Waals surface area (Å²) in [6, 6.07) is 1.61. The number of hydrogen-bond acceptors (Lipinski definition) is 2. The van der Waals surface area contributed by atoms with Crippen LogP contribution in [0.4, 0.5) is 0 Å². The van der Waals surface area contributed by atoms with Crippen LogP contribution < -0.4 is 5.32 Å². The molecule has 0 spiro atoms. The minimum absolute atomic E-state index is 0.719. The van der Waals surface area contributed by atoms with Gasteiger partial charge in [0.25, 0.3) is 0 Å². The third-order valence-electron chi connectivity index (χ3n) is 4.03. The van der Waals surface area contributed by atoms with Crippen molar-refractivity contribution in [3.63, 3.8) is 0 Å². The second-order valence-corrected chi connectivity index (χ2v) is 5.16. The van der Waals surface area contributed by atoms with Crippen molar-refractivity contribution in [2.24, 2.45) is 5.92 Å². The van der Waals surface area contributed by atoms with Crippen LogP contribution in [0, 0.1) is 5.92 Å². The van der Waals surface area contributed by atoms with Crippen LogP contribution in [0.25, 0.3) is 0 Å². The van der Waals surface area contributed by atoms with Crippen molar-refractivity contribution in [2.75, 3.05) is 19.6 Å². The first kappa shape index (κ1) is 10.4. The van der Waals surface area contributed by atoms with Crippen molar-refractivity contribution in [2.45, 2.75) is 51.6 Å². The van der Waals surface area contributed by atoms with Crippen molar-refractivity contribution in [3.8, 4) is 0 Å². The molecular formula is C12H24N2. The summed E-state index contributed by atoms with van der Waals surface area (Å²) in [6.45, 7) is 8.49. The molecule has 3 unspecified atom stereocenters. The maximum Gasteiger partial charge on any atom is 0.0121 e. The molecule has 2 nitrogen and oxygen atoms in total. The molecular weight excluding hydrogens is 172 g/mol. The molecule has 2 rings (SSSR count). The Balaban J connectivity index is 1.90. The van der Waals surface area contributed by atoms with Crippen LogP contribution in [-0.2, 0) is 0 Å². The summed E-state index contributed by atoms with van der Waals surface area (Å²) in [7, 11) is 0. The lowest BCUT2D eigenvalue weighted by atomic mass is 10.0. The van der Waals surface area contributed by atoms with Gasteiger partial charge >= 0.3 is 0 Å². The van der Waals surface area contributed by atoms with Crippen LogP contribution >= 0.6 is 0 Å². The fourth-order valence-electron chi connectivity index (χ4n) is 3.03. The van der Waals surface area contributed by atoms with Gasteiger partial charge in [-0.05, 0) is 38.6 Å². The van der Waals surface area contributed by atoms with Gasteiger partial charge in [0.2, 0.25) is 0 Å². The van der Waals surface area contributed by atoms with Crippen LogP contribution in [-0.4, -0.2) is 36.6 Å². The quantitative estimate of drug-likeness (QED) is 0.688. The zero-order valence-electron chi connectivity index (χ0n) is 9.63. The predicted molar refractivity (Wildman–Crippen MR) is 60.5 cm³/mol. The highest BCUT2D eigenvalue weighted by atomic mass is 15.2. The molecule has 2 aliphatic rings. The molecule has 1 aliphatic heterocycles. The molecule has 2 heteroatoms. The molecule has 1 N–H and O–H groups in total. The van der Waals surface area contributed by atoms with Crippen molar-refractivity contribution in [1.29, 1.82) is 0 Å². The summed E-state index contributed by atoms with van der Waals surface area (Å²) in [5, 5.41) is 3.57. The van der Waals surface area contributed by atoms with Gasteiger partial charge in [0, 0.05) is 25.2 Å². The Morgan fingerprint density at radius 3 is 2.64 bits per heavy atom. The van der Waals surface area contributed by atoms with E-state index in [0.717, 1.165) is 18.0 Å². The van der Waals surface area contributed by atoms with Gasteiger partial charge in [-0.15, -0.1) is 0 Å². The second-order valence-electron chi connectivity index (χ2n) is 5.16. The summed E-state index contributed by atoms with van der Waals surface area (Å²) < 4.78 is 0. The minimum atomic E-state index is 0.719. The molecule has 2 fully saturated rings. The predicted octanol–water partition coefficient (Wildman–Crippen LogP) is 1.86. The van der Waals surface area contributed by atoms with Crippen molar-refractivity contribution in [1.82, 2.24) is 10.2 Å². The van der Waals surface area contributed by atoms with E-state index < -0.39 is 0 Å². The average molecular weight is 196 g/mol. The van der Waals surface area contributed by atoms with Crippen LogP contribution in [0.3, 0.4) is 0 Å². The molecule has 0 aromatic heterocycles. The summed E-state index contributed by atoms with van der Waals surface area (Å²) in [5.74, 6) is 0.934. The summed E-state index contributed by atoms with van der Waals surface area (Å²) in [6.07, 6.45) is 5.66. The van der Waals surface area contributed by atoms with E-state index in [0.29, 0.717) is 0 Å². The largest absolute Gasteiger partial charge is 0.313 e. The summed E-state index contributed by atoms with van der Waals surface area (Å²) in [4.78, 5) is 2.73. The van der Waals surface area contributed by atoms with Gasteiger partial charge in [-0.3, -0.25) is 4.90 Å². The molecule has 1 saturated carbocycles. The third-order valence-corrected chi connectivity index (χ3v) is 4.03. The molecule has 3 atom stereocenters. The van der Waals surface area contributed by atoms with E-state index in [1.807, 2.05) is 0 Å². The Bertz CT molecular complexity index is 181. The lowest BCUT2D eigenvalue weighted by Gasteiger charge is -2.30. The SMILES string of the molecule is CC1CCN(C2CCCC2C)CCN1. The zero-order valence-corrected chi connectivity index (χ0v) is 9.63. The van der Waals surface area contributed by atoms with E-state index in [1.54, 1.807) is 0 Å². The van der Waals surface area contributed by atoms with E-state index in [2.05, 4.69) is 24.1 Å². The first-order valence-corrected chi connectivity index (χ1v) is 6.25. The molecule has 82 valence electrons. The van der Waals surface area contributed by atoms with Gasteiger partial charge in [-0.25, -0.2) is 0 Å². The standard InChI is InChI=1S/C12H24N2/c1-10-4-3-5-12(10)14-8-6-11(2)13-7-9-14/h10-13H,3-9H2,1-2H3. The first-order chi connectivity index (χ1) is 6.77. The summed E-state index contributed by atoms with van der Waals surface area (Å²) in [5.41, 5.74) is 0. The Morgan fingerprint density at radius 2 is 1.93 bits per heavy atom. The minimum Gasteiger partial charge on any atom is -0.313 e. The fourth-order valence-corrected chi connectivity index (χ4v) is 3.03. The highest BCUT2D eigenvalue weighted by molar-refractivity contribution is 4.85. The van der Waals surface area contributed by atoms with E-state index in [4.69, 9.17) is 0 Å². The zero-order chi connectivity index (χ0) is 9.97. The Labute approximate surface area is 88.1 Å². The first-order valence-electron chi connectivity index (χ1n) is 6.25. The smallest absolute Gasteiger partial charge is 0.0121 e. The molecule has 0 aromatic rings. The molecule has 1 saturated heterocycles. The fraction of sp³-hybridized carbons (Fsp3) is 1.00. The molecule has 0 bridgehead atoms. The molecule has 0 radical (unpaired) electrons. The van der Waals surface area contributed by atoms with Gasteiger partial charge in [-0.1, -0.05) is 13.3 Å². The average Bonchev–Trinajstić information content (AvgIpc) is 2.46. The van der Waals surface area contributed by atoms with Gasteiger partial charge in [0.1, 0.15) is 0 Å². The lowest BCUT2D eigenvalue weighted by Crippen LogP contribution is -2.39. The van der Waals surface area contributed by atoms with Gasteiger partial charge in [-0.2, -0.15) is 0 Å². The highest BCUT2D eigenvalue weighted by Gasteiger charge is 2.29. The second kappa shape index (κ2) is 4.63.